The maximum Gasteiger partial charge on any atom is 0.248 e. The molecule has 1 aromatic rings. The Kier molecular flexibility index (Phi) is 3.54. The van der Waals surface area contributed by atoms with Crippen molar-refractivity contribution in [1.82, 2.24) is 19.4 Å². The molecule has 3 heterocycles. The molecule has 0 bridgehead atoms. The predicted octanol–water partition coefficient (Wildman–Crippen LogP) is -0.257. The van der Waals surface area contributed by atoms with Gasteiger partial charge in [-0.25, -0.2) is 8.42 Å². The van der Waals surface area contributed by atoms with Crippen LogP contribution in [-0.4, -0.2) is 60.9 Å². The molecule has 0 unspecified atom stereocenters. The second-order valence-corrected chi connectivity index (χ2v) is 7.26. The Balaban J connectivity index is 2.03. The van der Waals surface area contributed by atoms with Crippen molar-refractivity contribution in [2.24, 2.45) is 7.05 Å². The third-order valence-corrected chi connectivity index (χ3v) is 6.43. The number of fused-ring (bicyclic) bond motifs is 1. The van der Waals surface area contributed by atoms with Gasteiger partial charge in [0, 0.05) is 26.7 Å². The highest BCUT2D eigenvalue weighted by atomic mass is 35.5. The standard InChI is InChI=1S/C11H17ClN4O3S/c1-7-10(11(12)15(2)14-7)20(17,18)16-3-4-19-9-6-13-5-8(9)16/h8-9,13H,3-6H2,1-2H3/t8-,9+/m1/s1. The van der Waals surface area contributed by atoms with E-state index in [2.05, 4.69) is 10.4 Å². The Morgan fingerprint density at radius 1 is 1.45 bits per heavy atom. The number of aryl methyl sites for hydroxylation is 2. The zero-order valence-corrected chi connectivity index (χ0v) is 12.9. The monoisotopic (exact) mass is 320 g/mol. The Hall–Kier alpha value is -0.670. The number of nitrogens with zero attached hydrogens (tertiary/aromatic N) is 3. The molecule has 2 atom stereocenters. The minimum absolute atomic E-state index is 0.0886. The molecule has 2 fully saturated rings. The van der Waals surface area contributed by atoms with Gasteiger partial charge in [-0.3, -0.25) is 4.68 Å². The summed E-state index contributed by atoms with van der Waals surface area (Å²) >= 11 is 6.11. The lowest BCUT2D eigenvalue weighted by atomic mass is 10.2. The molecular formula is C11H17ClN4O3S. The van der Waals surface area contributed by atoms with Crippen LogP contribution in [0.1, 0.15) is 5.69 Å². The van der Waals surface area contributed by atoms with E-state index in [9.17, 15) is 8.42 Å². The Bertz CT molecular complexity index is 630. The number of morpholine rings is 1. The fraction of sp³-hybridized carbons (Fsp3) is 0.727. The van der Waals surface area contributed by atoms with Crippen molar-refractivity contribution in [2.45, 2.75) is 24.0 Å². The lowest BCUT2D eigenvalue weighted by molar-refractivity contribution is -0.0149. The molecule has 7 nitrogen and oxygen atoms in total. The van der Waals surface area contributed by atoms with E-state index in [0.29, 0.717) is 31.9 Å². The van der Waals surface area contributed by atoms with Gasteiger partial charge in [-0.05, 0) is 6.92 Å². The summed E-state index contributed by atoms with van der Waals surface area (Å²) in [6.45, 7) is 3.68. The number of sulfonamides is 1. The van der Waals surface area contributed by atoms with Crippen molar-refractivity contribution in [3.63, 3.8) is 0 Å². The summed E-state index contributed by atoms with van der Waals surface area (Å²) in [5.41, 5.74) is 0.423. The number of halogens is 1. The van der Waals surface area contributed by atoms with Gasteiger partial charge in [0.1, 0.15) is 10.0 Å². The summed E-state index contributed by atoms with van der Waals surface area (Å²) in [5, 5.41) is 7.41. The SMILES string of the molecule is Cc1nn(C)c(Cl)c1S(=O)(=O)N1CCO[C@H]2CNC[C@H]21. The molecule has 0 aliphatic carbocycles. The maximum atomic E-state index is 12.9. The van der Waals surface area contributed by atoms with Crippen LogP contribution in [0.25, 0.3) is 0 Å². The van der Waals surface area contributed by atoms with E-state index < -0.39 is 10.0 Å². The van der Waals surface area contributed by atoms with Crippen molar-refractivity contribution < 1.29 is 13.2 Å². The van der Waals surface area contributed by atoms with E-state index in [-0.39, 0.29) is 22.2 Å². The van der Waals surface area contributed by atoms with E-state index in [4.69, 9.17) is 16.3 Å². The van der Waals surface area contributed by atoms with Gasteiger partial charge in [0.15, 0.2) is 0 Å². The van der Waals surface area contributed by atoms with Gasteiger partial charge >= 0.3 is 0 Å². The molecule has 1 aromatic heterocycles. The molecule has 2 aliphatic heterocycles. The van der Waals surface area contributed by atoms with Gasteiger partial charge in [0.2, 0.25) is 10.0 Å². The van der Waals surface area contributed by atoms with Crippen LogP contribution in [0.15, 0.2) is 4.90 Å². The highest BCUT2D eigenvalue weighted by Crippen LogP contribution is 2.31. The van der Waals surface area contributed by atoms with Gasteiger partial charge in [-0.1, -0.05) is 11.6 Å². The maximum absolute atomic E-state index is 12.9. The molecule has 0 radical (unpaired) electrons. The molecular weight excluding hydrogens is 304 g/mol. The molecule has 112 valence electrons. The van der Waals surface area contributed by atoms with Crippen LogP contribution in [0.3, 0.4) is 0 Å². The smallest absolute Gasteiger partial charge is 0.248 e. The van der Waals surface area contributed by atoms with Crippen LogP contribution in [-0.2, 0) is 21.8 Å². The second kappa shape index (κ2) is 4.96. The van der Waals surface area contributed by atoms with Crippen LogP contribution >= 0.6 is 11.6 Å². The number of aromatic nitrogens is 2. The number of hydrogen-bond acceptors (Lipinski definition) is 5. The minimum Gasteiger partial charge on any atom is -0.374 e. The van der Waals surface area contributed by atoms with Gasteiger partial charge in [0.25, 0.3) is 0 Å². The van der Waals surface area contributed by atoms with Gasteiger partial charge in [-0.2, -0.15) is 9.40 Å². The number of nitrogens with one attached hydrogen (secondary N) is 1. The number of rotatable bonds is 2. The van der Waals surface area contributed by atoms with Crippen LogP contribution < -0.4 is 5.32 Å². The zero-order chi connectivity index (χ0) is 14.5. The van der Waals surface area contributed by atoms with Crippen LogP contribution in [0.4, 0.5) is 0 Å². The summed E-state index contributed by atoms with van der Waals surface area (Å²) in [4.78, 5) is 0.106. The average molecular weight is 321 g/mol. The Labute approximate surface area is 122 Å². The highest BCUT2D eigenvalue weighted by Gasteiger charge is 2.44. The van der Waals surface area contributed by atoms with E-state index >= 15 is 0 Å². The third kappa shape index (κ3) is 2.06. The normalized spacial score (nSPS) is 27.8. The summed E-state index contributed by atoms with van der Waals surface area (Å²) in [6, 6.07) is -0.176. The summed E-state index contributed by atoms with van der Waals surface area (Å²) in [6.07, 6.45) is -0.0886. The lowest BCUT2D eigenvalue weighted by Crippen LogP contribution is -2.53. The first kappa shape index (κ1) is 14.3. The van der Waals surface area contributed by atoms with Gasteiger partial charge in [0.05, 0.1) is 24.4 Å². The summed E-state index contributed by atoms with van der Waals surface area (Å²) in [7, 11) is -2.03. The molecule has 0 aromatic carbocycles. The van der Waals surface area contributed by atoms with E-state index in [0.717, 1.165) is 0 Å². The molecule has 0 spiro atoms. The van der Waals surface area contributed by atoms with Crippen molar-refractivity contribution in [1.29, 1.82) is 0 Å². The molecule has 1 N–H and O–H groups in total. The van der Waals surface area contributed by atoms with Crippen molar-refractivity contribution >= 4 is 21.6 Å². The molecule has 2 saturated heterocycles. The molecule has 0 amide bonds. The largest absolute Gasteiger partial charge is 0.374 e. The first-order valence-electron chi connectivity index (χ1n) is 6.46. The predicted molar refractivity (Wildman–Crippen MR) is 73.2 cm³/mol. The molecule has 3 rings (SSSR count). The van der Waals surface area contributed by atoms with E-state index in [1.807, 2.05) is 0 Å². The Morgan fingerprint density at radius 3 is 2.85 bits per heavy atom. The number of hydrogen-bond donors (Lipinski definition) is 1. The van der Waals surface area contributed by atoms with Crippen molar-refractivity contribution in [3.05, 3.63) is 10.8 Å². The van der Waals surface area contributed by atoms with E-state index in [1.165, 1.54) is 8.99 Å². The molecule has 2 aliphatic rings. The number of ether oxygens (including phenoxy) is 1. The van der Waals surface area contributed by atoms with Gasteiger partial charge < -0.3 is 10.1 Å². The first-order valence-corrected chi connectivity index (χ1v) is 8.28. The zero-order valence-electron chi connectivity index (χ0n) is 11.3. The highest BCUT2D eigenvalue weighted by molar-refractivity contribution is 7.89. The van der Waals surface area contributed by atoms with Crippen LogP contribution in [0.2, 0.25) is 5.15 Å². The first-order chi connectivity index (χ1) is 9.43. The fourth-order valence-electron chi connectivity index (χ4n) is 2.88. The topological polar surface area (TPSA) is 76.5 Å². The van der Waals surface area contributed by atoms with E-state index in [1.54, 1.807) is 14.0 Å². The summed E-state index contributed by atoms with van der Waals surface area (Å²) in [5.74, 6) is 0. The Morgan fingerprint density at radius 2 is 2.20 bits per heavy atom. The fourth-order valence-corrected chi connectivity index (χ4v) is 5.22. The average Bonchev–Trinajstić information content (AvgIpc) is 2.94. The van der Waals surface area contributed by atoms with Gasteiger partial charge in [-0.15, -0.1) is 0 Å². The second-order valence-electron chi connectivity index (χ2n) is 5.08. The summed E-state index contributed by atoms with van der Waals surface area (Å²) < 4.78 is 34.3. The quantitative estimate of drug-likeness (QED) is 0.813. The van der Waals surface area contributed by atoms with Crippen molar-refractivity contribution in [3.8, 4) is 0 Å². The van der Waals surface area contributed by atoms with Crippen LogP contribution in [0.5, 0.6) is 0 Å². The molecule has 9 heteroatoms. The van der Waals surface area contributed by atoms with Crippen molar-refractivity contribution in [2.75, 3.05) is 26.2 Å². The molecule has 0 saturated carbocycles. The lowest BCUT2D eigenvalue weighted by Gasteiger charge is -2.35. The minimum atomic E-state index is -3.66. The molecule has 20 heavy (non-hydrogen) atoms. The third-order valence-electron chi connectivity index (χ3n) is 3.81. The van der Waals surface area contributed by atoms with Crippen LogP contribution in [0, 0.1) is 6.92 Å².